The minimum absolute atomic E-state index is 0.735. The van der Waals surface area contributed by atoms with Crippen molar-refractivity contribution in [2.24, 2.45) is 5.92 Å². The van der Waals surface area contributed by atoms with Gasteiger partial charge in [-0.25, -0.2) is 0 Å². The van der Waals surface area contributed by atoms with Crippen LogP contribution in [0.4, 0.5) is 0 Å². The molecule has 1 N–H and O–H groups in total. The molecule has 0 saturated carbocycles. The molecule has 3 rings (SSSR count). The number of rotatable bonds is 12. The molecule has 0 radical (unpaired) electrons. The highest BCUT2D eigenvalue weighted by molar-refractivity contribution is 5.48. The molecule has 1 atom stereocenters. The number of aryl methyl sites for hydroxylation is 2. The maximum Gasteiger partial charge on any atom is 0.140 e. The third-order valence-electron chi connectivity index (χ3n) is 6.29. The largest absolute Gasteiger partial charge is 0.376 e. The van der Waals surface area contributed by atoms with Gasteiger partial charge in [0, 0.05) is 0 Å². The van der Waals surface area contributed by atoms with Crippen LogP contribution in [-0.2, 0) is 18.4 Å². The summed E-state index contributed by atoms with van der Waals surface area (Å²) in [6.07, 6.45) is 12.7. The average molecular weight is 439 g/mol. The fraction of sp³-hybridized carbons (Fsp3) is 0.312. The predicted octanol–water partition coefficient (Wildman–Crippen LogP) is 8.01. The molecule has 1 unspecified atom stereocenters. The van der Waals surface area contributed by atoms with Crippen molar-refractivity contribution < 1.29 is 5.11 Å². The van der Waals surface area contributed by atoms with Crippen LogP contribution in [0.2, 0.25) is 0 Å². The molecule has 0 aromatic heterocycles. The Morgan fingerprint density at radius 2 is 1.27 bits per heavy atom. The van der Waals surface area contributed by atoms with E-state index in [0.29, 0.717) is 0 Å². The number of unbranched alkanes of at least 4 members (excludes halogenated alkanes) is 1. The molecular formula is C32H38O. The van der Waals surface area contributed by atoms with E-state index in [2.05, 4.69) is 75.0 Å². The van der Waals surface area contributed by atoms with Crippen LogP contribution in [0.15, 0.2) is 104 Å². The van der Waals surface area contributed by atoms with Gasteiger partial charge in [0.25, 0.3) is 0 Å². The zero-order valence-corrected chi connectivity index (χ0v) is 20.2. The second-order valence-corrected chi connectivity index (χ2v) is 9.31. The van der Waals surface area contributed by atoms with Crippen LogP contribution in [-0.4, -0.2) is 5.11 Å². The molecule has 0 heterocycles. The summed E-state index contributed by atoms with van der Waals surface area (Å²) in [6, 6.07) is 27.0. The second kappa shape index (κ2) is 12.4. The first-order valence-electron chi connectivity index (χ1n) is 12.3. The molecule has 0 bridgehead atoms. The van der Waals surface area contributed by atoms with Gasteiger partial charge in [-0.2, -0.15) is 0 Å². The van der Waals surface area contributed by atoms with Crippen LogP contribution >= 0.6 is 0 Å². The van der Waals surface area contributed by atoms with E-state index in [-0.39, 0.29) is 0 Å². The fourth-order valence-electron chi connectivity index (χ4n) is 4.34. The first-order chi connectivity index (χ1) is 16.0. The van der Waals surface area contributed by atoms with Crippen molar-refractivity contribution in [2.75, 3.05) is 0 Å². The Kier molecular flexibility index (Phi) is 9.27. The van der Waals surface area contributed by atoms with E-state index in [1.54, 1.807) is 0 Å². The highest BCUT2D eigenvalue weighted by atomic mass is 16.3. The summed E-state index contributed by atoms with van der Waals surface area (Å²) in [5.41, 5.74) is 4.14. The van der Waals surface area contributed by atoms with Gasteiger partial charge in [0.1, 0.15) is 5.60 Å². The van der Waals surface area contributed by atoms with E-state index in [1.165, 1.54) is 24.0 Å². The van der Waals surface area contributed by atoms with E-state index in [9.17, 15) is 5.11 Å². The quantitative estimate of drug-likeness (QED) is 0.172. The molecule has 3 aromatic carbocycles. The van der Waals surface area contributed by atoms with Gasteiger partial charge in [0.15, 0.2) is 0 Å². The van der Waals surface area contributed by atoms with Gasteiger partial charge in [-0.15, -0.1) is 0 Å². The van der Waals surface area contributed by atoms with Crippen molar-refractivity contribution in [3.05, 3.63) is 131 Å². The lowest BCUT2D eigenvalue weighted by Gasteiger charge is -2.30. The van der Waals surface area contributed by atoms with E-state index >= 15 is 0 Å². The average Bonchev–Trinajstić information content (AvgIpc) is 2.84. The van der Waals surface area contributed by atoms with Crippen LogP contribution in [0.1, 0.15) is 67.3 Å². The minimum Gasteiger partial charge on any atom is -0.376 e. The maximum absolute atomic E-state index is 12.1. The number of hydrogen-bond donors (Lipinski definition) is 1. The molecule has 0 aliphatic heterocycles. The predicted molar refractivity (Wildman–Crippen MR) is 141 cm³/mol. The summed E-state index contributed by atoms with van der Waals surface area (Å²) >= 11 is 0. The Labute approximate surface area is 200 Å². The SMILES string of the molecule is C=C/C=C/CCCc1ccc(C(O)(c2ccccc2)c2ccc(CCCC(C)C)cc2)cc1. The molecule has 0 fully saturated rings. The molecule has 172 valence electrons. The van der Waals surface area contributed by atoms with Crippen molar-refractivity contribution in [2.45, 2.75) is 58.0 Å². The second-order valence-electron chi connectivity index (χ2n) is 9.31. The van der Waals surface area contributed by atoms with Crippen LogP contribution in [0.5, 0.6) is 0 Å². The summed E-state index contributed by atoms with van der Waals surface area (Å²) in [7, 11) is 0. The number of benzene rings is 3. The lowest BCUT2D eigenvalue weighted by atomic mass is 9.79. The van der Waals surface area contributed by atoms with Gasteiger partial charge >= 0.3 is 0 Å². The van der Waals surface area contributed by atoms with Crippen molar-refractivity contribution in [1.29, 1.82) is 0 Å². The van der Waals surface area contributed by atoms with E-state index in [0.717, 1.165) is 48.3 Å². The Morgan fingerprint density at radius 3 is 1.79 bits per heavy atom. The van der Waals surface area contributed by atoms with Crippen LogP contribution in [0, 0.1) is 5.92 Å². The fourth-order valence-corrected chi connectivity index (χ4v) is 4.34. The molecule has 0 aliphatic carbocycles. The van der Waals surface area contributed by atoms with Gasteiger partial charge in [-0.1, -0.05) is 124 Å². The monoisotopic (exact) mass is 438 g/mol. The summed E-state index contributed by atoms with van der Waals surface area (Å²) in [4.78, 5) is 0. The molecule has 1 heteroatoms. The first-order valence-corrected chi connectivity index (χ1v) is 12.3. The first kappa shape index (κ1) is 24.7. The van der Waals surface area contributed by atoms with Gasteiger partial charge < -0.3 is 5.11 Å². The molecule has 33 heavy (non-hydrogen) atoms. The Morgan fingerprint density at radius 1 is 0.758 bits per heavy atom. The highest BCUT2D eigenvalue weighted by Gasteiger charge is 2.33. The molecule has 0 spiro atoms. The van der Waals surface area contributed by atoms with Gasteiger partial charge in [-0.3, -0.25) is 0 Å². The van der Waals surface area contributed by atoms with Crippen LogP contribution < -0.4 is 0 Å². The summed E-state index contributed by atoms with van der Waals surface area (Å²) in [5.74, 6) is 0.735. The smallest absolute Gasteiger partial charge is 0.140 e. The third kappa shape index (κ3) is 6.79. The van der Waals surface area contributed by atoms with E-state index in [4.69, 9.17) is 0 Å². The molecular weight excluding hydrogens is 400 g/mol. The molecule has 0 aliphatic rings. The minimum atomic E-state index is -1.18. The van der Waals surface area contributed by atoms with Gasteiger partial charge in [0.05, 0.1) is 0 Å². The zero-order valence-electron chi connectivity index (χ0n) is 20.2. The third-order valence-corrected chi connectivity index (χ3v) is 6.29. The van der Waals surface area contributed by atoms with Crippen molar-refractivity contribution in [3.8, 4) is 0 Å². The molecule has 0 saturated heterocycles. The lowest BCUT2D eigenvalue weighted by molar-refractivity contribution is 0.125. The van der Waals surface area contributed by atoms with Gasteiger partial charge in [0.2, 0.25) is 0 Å². The molecule has 3 aromatic rings. The molecule has 0 amide bonds. The zero-order chi connectivity index (χ0) is 23.5. The topological polar surface area (TPSA) is 20.2 Å². The summed E-state index contributed by atoms with van der Waals surface area (Å²) in [5, 5.41) is 12.1. The Bertz CT molecular complexity index is 997. The normalized spacial score (nSPS) is 13.3. The molecule has 1 nitrogen and oxygen atoms in total. The van der Waals surface area contributed by atoms with Crippen LogP contribution in [0.25, 0.3) is 0 Å². The summed E-state index contributed by atoms with van der Waals surface area (Å²) < 4.78 is 0. The number of allylic oxidation sites excluding steroid dienone is 3. The lowest BCUT2D eigenvalue weighted by Crippen LogP contribution is -2.28. The Balaban J connectivity index is 1.83. The maximum atomic E-state index is 12.1. The van der Waals surface area contributed by atoms with Gasteiger partial charge in [-0.05, 0) is 65.8 Å². The van der Waals surface area contributed by atoms with Crippen molar-refractivity contribution in [3.63, 3.8) is 0 Å². The van der Waals surface area contributed by atoms with E-state index in [1.807, 2.05) is 42.5 Å². The summed E-state index contributed by atoms with van der Waals surface area (Å²) in [6.45, 7) is 8.26. The number of hydrogen-bond acceptors (Lipinski definition) is 1. The highest BCUT2D eigenvalue weighted by Crippen LogP contribution is 2.37. The standard InChI is InChI=1S/C32H38O/c1-4-5-6-7-9-14-27-18-22-30(23-19-27)32(33,29-16-10-8-11-17-29)31-24-20-28(21-25-31)15-12-13-26(2)3/h4-6,8,10-11,16-26,33H,1,7,9,12-15H2,2-3H3/b6-5+. The van der Waals surface area contributed by atoms with Crippen LogP contribution in [0.3, 0.4) is 0 Å². The van der Waals surface area contributed by atoms with E-state index < -0.39 is 5.60 Å². The Hall–Kier alpha value is -2.90. The van der Waals surface area contributed by atoms with Crippen molar-refractivity contribution >= 4 is 0 Å². The van der Waals surface area contributed by atoms with Crippen molar-refractivity contribution in [1.82, 2.24) is 0 Å². The number of aliphatic hydroxyl groups is 1.